The van der Waals surface area contributed by atoms with E-state index >= 15 is 0 Å². The molecule has 188 valence electrons. The number of nitrogens with two attached hydrogens (primary N) is 2. The molecule has 2 aromatic carbocycles. The first-order chi connectivity index (χ1) is 17.1. The van der Waals surface area contributed by atoms with Gasteiger partial charge < -0.3 is 25.7 Å². The fraction of sp³-hybridized carbons (Fsp3) is 0.360. The van der Waals surface area contributed by atoms with Gasteiger partial charge in [-0.3, -0.25) is 15.0 Å². The van der Waals surface area contributed by atoms with Crippen LogP contribution in [0.15, 0.2) is 53.5 Å². The Morgan fingerprint density at radius 1 is 1.17 bits per heavy atom. The molecule has 35 heavy (non-hydrogen) atoms. The van der Waals surface area contributed by atoms with Gasteiger partial charge in [0, 0.05) is 30.8 Å². The molecule has 1 heterocycles. The third-order valence-electron chi connectivity index (χ3n) is 5.46. The maximum atomic E-state index is 12.2. The van der Waals surface area contributed by atoms with Crippen LogP contribution in [0.4, 0.5) is 5.69 Å². The molecular formula is C25H34N6O4. The van der Waals surface area contributed by atoms with Gasteiger partial charge in [0.25, 0.3) is 0 Å². The van der Waals surface area contributed by atoms with E-state index in [0.717, 1.165) is 28.8 Å². The predicted molar refractivity (Wildman–Crippen MR) is 137 cm³/mol. The van der Waals surface area contributed by atoms with Crippen molar-refractivity contribution in [3.63, 3.8) is 0 Å². The van der Waals surface area contributed by atoms with E-state index in [-0.39, 0.29) is 25.6 Å². The predicted octanol–water partition coefficient (Wildman–Crippen LogP) is 2.03. The van der Waals surface area contributed by atoms with Crippen LogP contribution in [0.2, 0.25) is 0 Å². The molecular weight excluding hydrogens is 448 g/mol. The largest absolute Gasteiger partial charge is 0.396 e. The van der Waals surface area contributed by atoms with Crippen LogP contribution in [0.3, 0.4) is 0 Å². The number of fused-ring (bicyclic) bond motifs is 2. The van der Waals surface area contributed by atoms with E-state index in [2.05, 4.69) is 15.2 Å². The minimum atomic E-state index is -0.177. The second kappa shape index (κ2) is 13.4. The third-order valence-corrected chi connectivity index (χ3v) is 5.46. The van der Waals surface area contributed by atoms with Crippen molar-refractivity contribution in [3.05, 3.63) is 65.2 Å². The monoisotopic (exact) mass is 482 g/mol. The van der Waals surface area contributed by atoms with Crippen LogP contribution >= 0.6 is 0 Å². The lowest BCUT2D eigenvalue weighted by molar-refractivity contribution is -0.243. The van der Waals surface area contributed by atoms with Gasteiger partial charge in [-0.25, -0.2) is 10.7 Å². The normalized spacial score (nSPS) is 15.3. The van der Waals surface area contributed by atoms with E-state index < -0.39 is 0 Å². The Morgan fingerprint density at radius 2 is 1.91 bits per heavy atom. The molecule has 0 fully saturated rings. The Hall–Kier alpha value is -3.44. The van der Waals surface area contributed by atoms with Crippen molar-refractivity contribution >= 4 is 29.3 Å². The SMILES string of the molecule is CCCOCCNC(=O)CN=CN1Cc2ccccc2/C(N)=C(/N(N)CCOO)c2ccccc21. The Balaban J connectivity index is 1.88. The van der Waals surface area contributed by atoms with Crippen molar-refractivity contribution < 1.29 is 19.7 Å². The Kier molecular flexibility index (Phi) is 10.1. The lowest BCUT2D eigenvalue weighted by atomic mass is 9.96. The third kappa shape index (κ3) is 7.03. The Morgan fingerprint density at radius 3 is 2.69 bits per heavy atom. The number of nitrogens with one attached hydrogen (secondary N) is 1. The summed E-state index contributed by atoms with van der Waals surface area (Å²) in [6, 6.07) is 15.5. The molecule has 2 aromatic rings. The molecule has 1 amide bonds. The molecule has 3 rings (SSSR count). The fourth-order valence-electron chi connectivity index (χ4n) is 3.84. The van der Waals surface area contributed by atoms with Gasteiger partial charge in [0.15, 0.2) is 0 Å². The van der Waals surface area contributed by atoms with E-state index in [4.69, 9.17) is 21.6 Å². The van der Waals surface area contributed by atoms with Crippen LogP contribution in [0.5, 0.6) is 0 Å². The van der Waals surface area contributed by atoms with Crippen molar-refractivity contribution in [1.82, 2.24) is 10.3 Å². The molecule has 0 aromatic heterocycles. The number of benzene rings is 2. The number of anilines is 1. The lowest BCUT2D eigenvalue weighted by Crippen LogP contribution is -2.36. The van der Waals surface area contributed by atoms with Gasteiger partial charge in [-0.1, -0.05) is 49.4 Å². The minimum absolute atomic E-state index is 0.00419. The van der Waals surface area contributed by atoms with E-state index in [1.54, 1.807) is 6.34 Å². The van der Waals surface area contributed by atoms with Crippen molar-refractivity contribution in [2.45, 2.75) is 19.9 Å². The quantitative estimate of drug-likeness (QED) is 0.0900. The first-order valence-corrected chi connectivity index (χ1v) is 11.6. The second-order valence-corrected chi connectivity index (χ2v) is 8.01. The maximum Gasteiger partial charge on any atom is 0.241 e. The van der Waals surface area contributed by atoms with Crippen LogP contribution < -0.4 is 21.8 Å². The number of para-hydroxylation sites is 1. The van der Waals surface area contributed by atoms with E-state index in [9.17, 15) is 4.79 Å². The van der Waals surface area contributed by atoms with E-state index in [1.807, 2.05) is 60.4 Å². The van der Waals surface area contributed by atoms with Crippen LogP contribution in [0.25, 0.3) is 11.4 Å². The zero-order valence-corrected chi connectivity index (χ0v) is 20.0. The number of rotatable bonds is 12. The summed E-state index contributed by atoms with van der Waals surface area (Å²) in [6.45, 7) is 4.38. The first kappa shape index (κ1) is 26.2. The van der Waals surface area contributed by atoms with E-state index in [0.29, 0.717) is 37.7 Å². The first-order valence-electron chi connectivity index (χ1n) is 11.6. The van der Waals surface area contributed by atoms with Crippen molar-refractivity contribution in [2.75, 3.05) is 44.4 Å². The Labute approximate surface area is 205 Å². The average Bonchev–Trinajstić information content (AvgIpc) is 2.86. The van der Waals surface area contributed by atoms with Crippen molar-refractivity contribution in [3.8, 4) is 0 Å². The number of hydrazine groups is 1. The molecule has 0 saturated carbocycles. The molecule has 6 N–H and O–H groups in total. The number of hydrogen-bond acceptors (Lipinski definition) is 8. The molecule has 10 nitrogen and oxygen atoms in total. The standard InChI is InChI=1S/C25H34N6O4/c1-2-13-34-14-11-29-23(32)16-28-18-30-17-19-7-3-4-8-20(19)24(26)25(31(27)12-15-35-33)21-9-5-6-10-22(21)30/h3-10,18,33H,2,11-17,26-27H2,1H3,(H,29,32)/b25-24-,28-18?. The summed E-state index contributed by atoms with van der Waals surface area (Å²) in [7, 11) is 0. The highest BCUT2D eigenvalue weighted by atomic mass is 17.1. The average molecular weight is 483 g/mol. The molecule has 0 aliphatic carbocycles. The number of carbonyl (C=O) groups is 1. The number of ether oxygens (including phenoxy) is 1. The van der Waals surface area contributed by atoms with Gasteiger partial charge >= 0.3 is 0 Å². The molecule has 10 heteroatoms. The molecule has 0 radical (unpaired) electrons. The summed E-state index contributed by atoms with van der Waals surface area (Å²) in [5.41, 5.74) is 11.2. The van der Waals surface area contributed by atoms with Gasteiger partial charge in [-0.15, -0.1) is 0 Å². The smallest absolute Gasteiger partial charge is 0.241 e. The second-order valence-electron chi connectivity index (χ2n) is 8.01. The van der Waals surface area contributed by atoms with Crippen LogP contribution in [0.1, 0.15) is 30.0 Å². The van der Waals surface area contributed by atoms with Crippen LogP contribution in [-0.4, -0.2) is 62.0 Å². The van der Waals surface area contributed by atoms with E-state index in [1.165, 1.54) is 5.01 Å². The van der Waals surface area contributed by atoms with Crippen molar-refractivity contribution in [1.29, 1.82) is 0 Å². The van der Waals surface area contributed by atoms with Crippen molar-refractivity contribution in [2.24, 2.45) is 16.6 Å². The molecule has 0 spiro atoms. The van der Waals surface area contributed by atoms with Gasteiger partial charge in [-0.2, -0.15) is 0 Å². The zero-order valence-electron chi connectivity index (χ0n) is 20.0. The topological polar surface area (TPSA) is 139 Å². The summed E-state index contributed by atoms with van der Waals surface area (Å²) in [5.74, 6) is 6.19. The number of amides is 1. The number of carbonyl (C=O) groups excluding carboxylic acids is 1. The van der Waals surface area contributed by atoms with Gasteiger partial charge in [0.05, 0.1) is 36.6 Å². The summed E-state index contributed by atoms with van der Waals surface area (Å²) < 4.78 is 5.38. The minimum Gasteiger partial charge on any atom is -0.396 e. The summed E-state index contributed by atoms with van der Waals surface area (Å²) >= 11 is 0. The van der Waals surface area contributed by atoms with Crippen LogP contribution in [0, 0.1) is 0 Å². The van der Waals surface area contributed by atoms with Gasteiger partial charge in [0.2, 0.25) is 5.91 Å². The zero-order chi connectivity index (χ0) is 25.0. The highest BCUT2D eigenvalue weighted by Crippen LogP contribution is 2.36. The van der Waals surface area contributed by atoms with Crippen LogP contribution in [-0.2, 0) is 21.0 Å². The van der Waals surface area contributed by atoms with Gasteiger partial charge in [0.1, 0.15) is 13.2 Å². The van der Waals surface area contributed by atoms with Gasteiger partial charge in [-0.05, 0) is 18.1 Å². The maximum absolute atomic E-state index is 12.2. The lowest BCUT2D eigenvalue weighted by Gasteiger charge is -2.32. The summed E-state index contributed by atoms with van der Waals surface area (Å²) in [4.78, 5) is 22.8. The number of hydrogen-bond donors (Lipinski definition) is 4. The fourth-order valence-corrected chi connectivity index (χ4v) is 3.84. The molecule has 0 saturated heterocycles. The number of nitrogens with zero attached hydrogens (tertiary/aromatic N) is 3. The molecule has 0 atom stereocenters. The molecule has 0 unspecified atom stereocenters. The molecule has 0 bridgehead atoms. The highest BCUT2D eigenvalue weighted by molar-refractivity contribution is 5.97. The summed E-state index contributed by atoms with van der Waals surface area (Å²) in [6.07, 6.45) is 2.61. The number of aliphatic imine (C=N–C) groups is 1. The Bertz CT molecular complexity index is 1040. The molecule has 1 aliphatic heterocycles. The highest BCUT2D eigenvalue weighted by Gasteiger charge is 2.24. The molecule has 1 aliphatic rings. The summed E-state index contributed by atoms with van der Waals surface area (Å²) in [5, 5.41) is 13.1.